The summed E-state index contributed by atoms with van der Waals surface area (Å²) in [7, 11) is 2.11. The minimum absolute atomic E-state index is 0.183. The van der Waals surface area contributed by atoms with Crippen LogP contribution < -0.4 is 20.3 Å². The van der Waals surface area contributed by atoms with Crippen LogP contribution in [0.15, 0.2) is 66.9 Å². The van der Waals surface area contributed by atoms with E-state index in [2.05, 4.69) is 82.4 Å². The van der Waals surface area contributed by atoms with E-state index in [-0.39, 0.29) is 29.4 Å². The van der Waals surface area contributed by atoms with E-state index in [1.54, 1.807) is 10.7 Å². The molecule has 2 aromatic carbocycles. The second-order valence-corrected chi connectivity index (χ2v) is 16.5. The van der Waals surface area contributed by atoms with Gasteiger partial charge < -0.3 is 19.9 Å². The van der Waals surface area contributed by atoms with Crippen molar-refractivity contribution in [3.05, 3.63) is 95.1 Å². The Labute approximate surface area is 322 Å². The van der Waals surface area contributed by atoms with Crippen LogP contribution in [0.25, 0.3) is 11.3 Å². The third-order valence-electron chi connectivity index (χ3n) is 11.4. The number of carbonyl (C=O) groups is 1. The normalized spacial score (nSPS) is 21.1. The number of urea groups is 1. The molecule has 0 bridgehead atoms. The van der Waals surface area contributed by atoms with Gasteiger partial charge in [-0.2, -0.15) is 5.10 Å². The van der Waals surface area contributed by atoms with Crippen molar-refractivity contribution in [3.63, 3.8) is 0 Å². The van der Waals surface area contributed by atoms with E-state index in [0.29, 0.717) is 36.1 Å². The maximum atomic E-state index is 15.1. The smallest absolute Gasteiger partial charge is 0.320 e. The number of hydrogen-bond acceptors (Lipinski definition) is 8. The third-order valence-corrected chi connectivity index (χ3v) is 11.4. The first-order valence-corrected chi connectivity index (χ1v) is 19.7. The summed E-state index contributed by atoms with van der Waals surface area (Å²) in [4.78, 5) is 20.7. The number of hydrogen-bond donors (Lipinski definition) is 2. The van der Waals surface area contributed by atoms with Crippen molar-refractivity contribution in [1.82, 2.24) is 39.5 Å². The number of anilines is 2. The molecule has 5 aromatic rings. The van der Waals surface area contributed by atoms with Crippen molar-refractivity contribution in [2.75, 3.05) is 50.0 Å². The summed E-state index contributed by atoms with van der Waals surface area (Å²) in [5.41, 5.74) is 4.72. The van der Waals surface area contributed by atoms with Gasteiger partial charge in [-0.1, -0.05) is 45.0 Å². The fourth-order valence-electron chi connectivity index (χ4n) is 8.11. The van der Waals surface area contributed by atoms with Gasteiger partial charge in [0.25, 0.3) is 0 Å². The second-order valence-electron chi connectivity index (χ2n) is 16.5. The molecule has 2 saturated heterocycles. The van der Waals surface area contributed by atoms with Crippen molar-refractivity contribution in [2.24, 2.45) is 0 Å². The molecule has 2 aliphatic heterocycles. The van der Waals surface area contributed by atoms with E-state index in [9.17, 15) is 4.79 Å². The Balaban J connectivity index is 0.990. The SMILES string of the molecule is C[C@H]1CCCCN1c1nnc2ccc(O[C@@H]3CC[C@H](NC(=O)Nc4cc(C(C)(C)C)nn4-c4ccc(F)c(CN5CCN(C)CC5)c4)c4ccccc43)cn12. The fraction of sp³-hybridized carbons (Fsp3) is 0.476. The Kier molecular flexibility index (Phi) is 10.2. The monoisotopic (exact) mass is 748 g/mol. The van der Waals surface area contributed by atoms with E-state index < -0.39 is 0 Å². The lowest BCUT2D eigenvalue weighted by molar-refractivity contribution is 0.147. The number of nitrogens with one attached hydrogen (secondary N) is 2. The molecular formula is C42H53FN10O2. The number of fused-ring (bicyclic) bond motifs is 2. The lowest BCUT2D eigenvalue weighted by Crippen LogP contribution is -2.44. The molecule has 0 saturated carbocycles. The molecule has 3 aromatic heterocycles. The Morgan fingerprint density at radius 2 is 1.73 bits per heavy atom. The highest BCUT2D eigenvalue weighted by atomic mass is 19.1. The van der Waals surface area contributed by atoms with Crippen LogP contribution >= 0.6 is 0 Å². The van der Waals surface area contributed by atoms with Crippen molar-refractivity contribution in [2.45, 2.75) is 89.9 Å². The zero-order valence-corrected chi connectivity index (χ0v) is 32.6. The Hall–Kier alpha value is -5.01. The number of halogens is 1. The van der Waals surface area contributed by atoms with Gasteiger partial charge in [-0.15, -0.1) is 10.2 Å². The van der Waals surface area contributed by atoms with Crippen LogP contribution in [0.1, 0.15) is 94.3 Å². The van der Waals surface area contributed by atoms with Crippen molar-refractivity contribution >= 4 is 23.4 Å². The number of carbonyl (C=O) groups excluding carboxylic acids is 1. The molecule has 13 heteroatoms. The van der Waals surface area contributed by atoms with Crippen molar-refractivity contribution in [1.29, 1.82) is 0 Å². The number of pyridine rings is 1. The molecular weight excluding hydrogens is 696 g/mol. The molecule has 1 aliphatic carbocycles. The highest BCUT2D eigenvalue weighted by Crippen LogP contribution is 2.39. The number of piperidine rings is 1. The minimum atomic E-state index is -0.335. The highest BCUT2D eigenvalue weighted by molar-refractivity contribution is 5.89. The number of amides is 2. The van der Waals surface area contributed by atoms with Gasteiger partial charge in [0.05, 0.1) is 23.6 Å². The summed E-state index contributed by atoms with van der Waals surface area (Å²) in [5.74, 6) is 1.88. The molecule has 0 unspecified atom stereocenters. The Morgan fingerprint density at radius 3 is 2.51 bits per heavy atom. The van der Waals surface area contributed by atoms with E-state index in [0.717, 1.165) is 86.2 Å². The molecule has 12 nitrogen and oxygen atoms in total. The molecule has 3 aliphatic rings. The maximum Gasteiger partial charge on any atom is 0.320 e. The summed E-state index contributed by atoms with van der Waals surface area (Å²) < 4.78 is 25.6. The zero-order chi connectivity index (χ0) is 38.3. The summed E-state index contributed by atoms with van der Waals surface area (Å²) >= 11 is 0. The summed E-state index contributed by atoms with van der Waals surface area (Å²) in [6, 6.07) is 18.9. The maximum absolute atomic E-state index is 15.1. The molecule has 2 fully saturated rings. The average Bonchev–Trinajstić information content (AvgIpc) is 3.79. The van der Waals surface area contributed by atoms with Crippen LogP contribution in [0.3, 0.4) is 0 Å². The second kappa shape index (κ2) is 15.3. The van der Waals surface area contributed by atoms with Gasteiger partial charge in [0.1, 0.15) is 23.5 Å². The number of nitrogens with zero attached hydrogens (tertiary/aromatic N) is 8. The lowest BCUT2D eigenvalue weighted by Gasteiger charge is -2.33. The standard InChI is InChI=1S/C42H53FN10O2/c1-28-10-8-9-19-51(28)41-47-46-38-18-14-31(27-52(38)41)55-36-17-16-35(32-11-6-7-12-33(32)36)44-40(54)45-39-25-37(42(2,3)4)48-53(39)30-13-15-34(43)29(24-30)26-50-22-20-49(5)21-23-50/h6-7,11-15,18,24-25,27-28,35-36H,8-10,16-17,19-23,26H2,1-5H3,(H2,44,45,54)/t28-,35-,36+/m0/s1. The topological polar surface area (TPSA) is 108 Å². The van der Waals surface area contributed by atoms with Gasteiger partial charge in [0.15, 0.2) is 5.65 Å². The summed E-state index contributed by atoms with van der Waals surface area (Å²) in [6.07, 6.45) is 6.76. The largest absolute Gasteiger partial charge is 0.484 e. The molecule has 2 amide bonds. The molecule has 0 spiro atoms. The molecule has 5 heterocycles. The van der Waals surface area contributed by atoms with Crippen LogP contribution in [0.4, 0.5) is 21.0 Å². The van der Waals surface area contributed by atoms with Crippen LogP contribution in [-0.2, 0) is 12.0 Å². The zero-order valence-electron chi connectivity index (χ0n) is 32.6. The number of piperazine rings is 1. The van der Waals surface area contributed by atoms with Gasteiger partial charge in [-0.05, 0) is 87.5 Å². The number of aromatic nitrogens is 5. The predicted molar refractivity (Wildman–Crippen MR) is 213 cm³/mol. The number of benzene rings is 2. The molecule has 8 rings (SSSR count). The molecule has 55 heavy (non-hydrogen) atoms. The van der Waals surface area contributed by atoms with E-state index in [1.807, 2.05) is 47.0 Å². The van der Waals surface area contributed by atoms with Gasteiger partial charge in [0.2, 0.25) is 5.95 Å². The molecule has 0 radical (unpaired) electrons. The number of rotatable bonds is 8. The first-order chi connectivity index (χ1) is 26.5. The van der Waals surface area contributed by atoms with Gasteiger partial charge in [0, 0.05) is 62.4 Å². The Morgan fingerprint density at radius 1 is 0.927 bits per heavy atom. The van der Waals surface area contributed by atoms with E-state index >= 15 is 4.39 Å². The van der Waals surface area contributed by atoms with Crippen LogP contribution in [0.5, 0.6) is 5.75 Å². The van der Waals surface area contributed by atoms with Crippen LogP contribution in [0.2, 0.25) is 0 Å². The van der Waals surface area contributed by atoms with Crippen molar-refractivity contribution in [3.8, 4) is 11.4 Å². The third kappa shape index (κ3) is 7.90. The summed E-state index contributed by atoms with van der Waals surface area (Å²) in [5, 5.41) is 20.2. The molecule has 290 valence electrons. The molecule has 3 atom stereocenters. The number of likely N-dealkylation sites (N-methyl/N-ethyl adjacent to an activating group) is 1. The van der Waals surface area contributed by atoms with Gasteiger partial charge in [-0.25, -0.2) is 13.9 Å². The Bertz CT molecular complexity index is 2150. The van der Waals surface area contributed by atoms with Crippen molar-refractivity contribution < 1.29 is 13.9 Å². The first kappa shape index (κ1) is 36.9. The minimum Gasteiger partial charge on any atom is -0.484 e. The van der Waals surface area contributed by atoms with E-state index in [1.165, 1.54) is 12.5 Å². The predicted octanol–water partition coefficient (Wildman–Crippen LogP) is 7.25. The first-order valence-electron chi connectivity index (χ1n) is 19.7. The summed E-state index contributed by atoms with van der Waals surface area (Å²) in [6.45, 7) is 13.7. The molecule has 2 N–H and O–H groups in total. The number of ether oxygens (including phenoxy) is 1. The average molecular weight is 749 g/mol. The lowest BCUT2D eigenvalue weighted by atomic mass is 9.85. The quantitative estimate of drug-likeness (QED) is 0.171. The van der Waals surface area contributed by atoms with Gasteiger partial charge >= 0.3 is 6.03 Å². The highest BCUT2D eigenvalue weighted by Gasteiger charge is 2.31. The van der Waals surface area contributed by atoms with Gasteiger partial charge in [-0.3, -0.25) is 14.6 Å². The van der Waals surface area contributed by atoms with Crippen LogP contribution in [0, 0.1) is 5.82 Å². The fourth-order valence-corrected chi connectivity index (χ4v) is 8.11. The van der Waals surface area contributed by atoms with Crippen LogP contribution in [-0.4, -0.2) is 86.0 Å². The van der Waals surface area contributed by atoms with E-state index in [4.69, 9.17) is 9.84 Å².